The van der Waals surface area contributed by atoms with Gasteiger partial charge < -0.3 is 10.1 Å². The van der Waals surface area contributed by atoms with Crippen LogP contribution in [0.15, 0.2) is 36.8 Å². The molecule has 0 aliphatic carbocycles. The molecule has 0 aliphatic rings. The summed E-state index contributed by atoms with van der Waals surface area (Å²) in [5.74, 6) is -4.74. The molecule has 3 rings (SSSR count). The van der Waals surface area contributed by atoms with Crippen molar-refractivity contribution in [3.63, 3.8) is 0 Å². The van der Waals surface area contributed by atoms with Gasteiger partial charge in [0.25, 0.3) is 5.91 Å². The van der Waals surface area contributed by atoms with Crippen LogP contribution in [0.1, 0.15) is 23.0 Å². The van der Waals surface area contributed by atoms with E-state index in [1.54, 1.807) is 29.9 Å². The van der Waals surface area contributed by atoms with Gasteiger partial charge in [-0.2, -0.15) is 13.9 Å². The summed E-state index contributed by atoms with van der Waals surface area (Å²) in [4.78, 5) is 20.0. The molecule has 0 aliphatic heterocycles. The van der Waals surface area contributed by atoms with Crippen LogP contribution in [0.4, 0.5) is 17.6 Å². The number of fused-ring (bicyclic) bond motifs is 1. The van der Waals surface area contributed by atoms with Gasteiger partial charge in [0.05, 0.1) is 17.4 Å². The molecule has 0 saturated heterocycles. The van der Waals surface area contributed by atoms with Gasteiger partial charge in [0.2, 0.25) is 5.88 Å². The fourth-order valence-electron chi connectivity index (χ4n) is 2.51. The summed E-state index contributed by atoms with van der Waals surface area (Å²) < 4.78 is 56.3. The quantitative estimate of drug-likeness (QED) is 0.577. The number of halogens is 4. The van der Waals surface area contributed by atoms with Crippen molar-refractivity contribution in [2.45, 2.75) is 25.8 Å². The molecule has 3 heterocycles. The zero-order chi connectivity index (χ0) is 21.0. The van der Waals surface area contributed by atoms with Gasteiger partial charge in [-0.05, 0) is 18.6 Å². The van der Waals surface area contributed by atoms with Crippen LogP contribution in [0, 0.1) is 0 Å². The van der Waals surface area contributed by atoms with Gasteiger partial charge in [-0.25, -0.2) is 13.8 Å². The van der Waals surface area contributed by atoms with Crippen molar-refractivity contribution < 1.29 is 27.1 Å². The number of carbonyl (C=O) groups is 1. The lowest BCUT2D eigenvalue weighted by molar-refractivity contribution is -0.148. The Morgan fingerprint density at radius 2 is 2.07 bits per heavy atom. The molecule has 3 aromatic heterocycles. The summed E-state index contributed by atoms with van der Waals surface area (Å²) in [5, 5.41) is 7.65. The zero-order valence-electron chi connectivity index (χ0n) is 15.3. The Kier molecular flexibility index (Phi) is 5.95. The molecule has 0 unspecified atom stereocenters. The van der Waals surface area contributed by atoms with Crippen LogP contribution in [-0.2, 0) is 6.54 Å². The molecule has 0 aromatic carbocycles. The topological polar surface area (TPSA) is 81.9 Å². The highest BCUT2D eigenvalue weighted by Gasteiger charge is 2.41. The second kappa shape index (κ2) is 8.41. The number of hydrogen-bond donors (Lipinski definition) is 1. The lowest BCUT2D eigenvalue weighted by Gasteiger charge is -2.15. The summed E-state index contributed by atoms with van der Waals surface area (Å²) >= 11 is 0. The fourth-order valence-corrected chi connectivity index (χ4v) is 2.51. The lowest BCUT2D eigenvalue weighted by Crippen LogP contribution is -2.33. The summed E-state index contributed by atoms with van der Waals surface area (Å²) in [7, 11) is 0. The van der Waals surface area contributed by atoms with Gasteiger partial charge in [-0.3, -0.25) is 14.5 Å². The van der Waals surface area contributed by atoms with E-state index in [0.717, 1.165) is 0 Å². The number of carbonyl (C=O) groups excluding carboxylic acids is 1. The van der Waals surface area contributed by atoms with Crippen LogP contribution in [-0.4, -0.2) is 51.2 Å². The largest absolute Gasteiger partial charge is 0.471 e. The second-order valence-electron chi connectivity index (χ2n) is 6.13. The molecule has 0 bridgehead atoms. The molecule has 29 heavy (non-hydrogen) atoms. The summed E-state index contributed by atoms with van der Waals surface area (Å²) in [6.45, 7) is 1.09. The molecule has 0 spiro atoms. The van der Waals surface area contributed by atoms with Crippen molar-refractivity contribution in [2.75, 3.05) is 13.2 Å². The zero-order valence-corrected chi connectivity index (χ0v) is 15.3. The van der Waals surface area contributed by atoms with E-state index in [2.05, 4.69) is 25.1 Å². The second-order valence-corrected chi connectivity index (χ2v) is 6.13. The number of amides is 1. The highest BCUT2D eigenvalue weighted by molar-refractivity contribution is 6.04. The Bertz CT molecular complexity index is 992. The fraction of sp³-hybridized carbons (Fsp3) is 0.333. The first-order chi connectivity index (χ1) is 13.8. The SMILES string of the molecule is CCNC(=O)c1nccc2nn(Cc3ccc(OCC(F)(F)C(F)F)nc3)cc12. The van der Waals surface area contributed by atoms with Crippen molar-refractivity contribution in [1.29, 1.82) is 0 Å². The van der Waals surface area contributed by atoms with E-state index in [4.69, 9.17) is 0 Å². The third-order valence-corrected chi connectivity index (χ3v) is 3.91. The van der Waals surface area contributed by atoms with Crippen LogP contribution in [0.3, 0.4) is 0 Å². The molecular weight excluding hydrogens is 394 g/mol. The Balaban J connectivity index is 1.71. The Morgan fingerprint density at radius 1 is 1.28 bits per heavy atom. The number of pyridine rings is 2. The molecular formula is C18H17F4N5O2. The predicted octanol–water partition coefficient (Wildman–Crippen LogP) is 2.90. The van der Waals surface area contributed by atoms with Crippen molar-refractivity contribution >= 4 is 16.8 Å². The highest BCUT2D eigenvalue weighted by Crippen LogP contribution is 2.24. The van der Waals surface area contributed by atoms with Gasteiger partial charge in [0.1, 0.15) is 5.69 Å². The summed E-state index contributed by atoms with van der Waals surface area (Å²) in [6.07, 6.45) is 0.716. The minimum absolute atomic E-state index is 0.192. The van der Waals surface area contributed by atoms with Gasteiger partial charge in [0.15, 0.2) is 6.61 Å². The molecule has 7 nitrogen and oxygen atoms in total. The summed E-state index contributed by atoms with van der Waals surface area (Å²) in [5.41, 5.74) is 1.51. The Hall–Kier alpha value is -3.24. The van der Waals surface area contributed by atoms with Gasteiger partial charge in [-0.15, -0.1) is 0 Å². The average Bonchev–Trinajstić information content (AvgIpc) is 3.10. The summed E-state index contributed by atoms with van der Waals surface area (Å²) in [6, 6.07) is 4.53. The number of aromatic nitrogens is 4. The number of hydrogen-bond acceptors (Lipinski definition) is 5. The standard InChI is InChI=1S/C18H17F4N5O2/c1-2-23-16(28)15-12-9-27(26-13(12)5-6-24-15)8-11-3-4-14(25-7-11)29-10-18(21,22)17(19)20/h3-7,9,17H,2,8,10H2,1H3,(H,23,28). The minimum Gasteiger partial charge on any atom is -0.471 e. The van der Waals surface area contributed by atoms with Crippen molar-refractivity contribution in [3.8, 4) is 5.88 Å². The number of rotatable bonds is 8. The third kappa shape index (κ3) is 4.79. The minimum atomic E-state index is -4.24. The van der Waals surface area contributed by atoms with Crippen LogP contribution in [0.25, 0.3) is 10.9 Å². The maximum absolute atomic E-state index is 12.9. The molecule has 0 radical (unpaired) electrons. The maximum atomic E-state index is 12.9. The number of ether oxygens (including phenoxy) is 1. The van der Waals surface area contributed by atoms with Crippen molar-refractivity contribution in [2.24, 2.45) is 0 Å². The first kappa shape index (κ1) is 20.5. The first-order valence-electron chi connectivity index (χ1n) is 8.64. The van der Waals surface area contributed by atoms with Crippen LogP contribution in [0.5, 0.6) is 5.88 Å². The molecule has 0 saturated carbocycles. The van der Waals surface area contributed by atoms with Gasteiger partial charge >= 0.3 is 12.3 Å². The van der Waals surface area contributed by atoms with E-state index < -0.39 is 19.0 Å². The monoisotopic (exact) mass is 411 g/mol. The van der Waals surface area contributed by atoms with Crippen molar-refractivity contribution in [3.05, 3.63) is 48.0 Å². The van der Waals surface area contributed by atoms with E-state index in [1.807, 2.05) is 0 Å². The van der Waals surface area contributed by atoms with E-state index in [0.29, 0.717) is 23.0 Å². The van der Waals surface area contributed by atoms with Crippen LogP contribution < -0.4 is 10.1 Å². The molecule has 154 valence electrons. The Labute approximate surface area is 162 Å². The lowest BCUT2D eigenvalue weighted by atomic mass is 10.2. The molecule has 0 fully saturated rings. The number of nitrogens with one attached hydrogen (secondary N) is 1. The Morgan fingerprint density at radius 3 is 2.72 bits per heavy atom. The highest BCUT2D eigenvalue weighted by atomic mass is 19.3. The molecule has 0 atom stereocenters. The molecule has 1 N–H and O–H groups in total. The number of alkyl halides is 4. The number of nitrogens with zero attached hydrogens (tertiary/aromatic N) is 4. The van der Waals surface area contributed by atoms with E-state index in [9.17, 15) is 22.4 Å². The molecule has 11 heteroatoms. The smallest absolute Gasteiger partial charge is 0.340 e. The average molecular weight is 411 g/mol. The normalized spacial score (nSPS) is 11.8. The van der Waals surface area contributed by atoms with E-state index in [-0.39, 0.29) is 24.0 Å². The molecule has 3 aromatic rings. The van der Waals surface area contributed by atoms with Gasteiger partial charge in [-0.1, -0.05) is 6.07 Å². The van der Waals surface area contributed by atoms with Gasteiger partial charge in [0, 0.05) is 31.2 Å². The molecule has 1 amide bonds. The predicted molar refractivity (Wildman–Crippen MR) is 95.3 cm³/mol. The maximum Gasteiger partial charge on any atom is 0.340 e. The van der Waals surface area contributed by atoms with E-state index >= 15 is 0 Å². The third-order valence-electron chi connectivity index (χ3n) is 3.91. The van der Waals surface area contributed by atoms with Crippen LogP contribution in [0.2, 0.25) is 0 Å². The van der Waals surface area contributed by atoms with Crippen LogP contribution >= 0.6 is 0 Å². The van der Waals surface area contributed by atoms with Crippen molar-refractivity contribution in [1.82, 2.24) is 25.1 Å². The first-order valence-corrected chi connectivity index (χ1v) is 8.64. The van der Waals surface area contributed by atoms with E-state index in [1.165, 1.54) is 18.5 Å².